The molecule has 2 heterocycles. The van der Waals surface area contributed by atoms with Gasteiger partial charge in [-0.25, -0.2) is 0 Å². The number of hydrogen-bond acceptors (Lipinski definition) is 5. The Morgan fingerprint density at radius 1 is 1.00 bits per heavy atom. The molecular formula is C22H24N4O3. The second kappa shape index (κ2) is 6.77. The van der Waals surface area contributed by atoms with Crippen LogP contribution in [-0.2, 0) is 4.79 Å². The number of carbonyl (C=O) groups is 2. The van der Waals surface area contributed by atoms with Crippen LogP contribution in [0.15, 0.2) is 60.0 Å². The maximum Gasteiger partial charge on any atom is 0.254 e. The highest BCUT2D eigenvalue weighted by Crippen LogP contribution is 2.37. The van der Waals surface area contributed by atoms with Crippen LogP contribution in [0.4, 0.5) is 5.69 Å². The predicted molar refractivity (Wildman–Crippen MR) is 109 cm³/mol. The molecule has 0 atom stereocenters. The van der Waals surface area contributed by atoms with Crippen LogP contribution in [0.3, 0.4) is 0 Å². The molecule has 0 radical (unpaired) electrons. The lowest BCUT2D eigenvalue weighted by Crippen LogP contribution is -2.53. The van der Waals surface area contributed by atoms with Gasteiger partial charge in [0.05, 0.1) is 11.4 Å². The largest absolute Gasteiger partial charge is 0.380 e. The molecular weight excluding hydrogens is 368 g/mol. The molecule has 29 heavy (non-hydrogen) atoms. The highest BCUT2D eigenvalue weighted by Gasteiger charge is 2.50. The Bertz CT molecular complexity index is 935. The number of amides is 2. The fraction of sp³-hybridized carbons (Fsp3) is 0.364. The molecule has 1 saturated heterocycles. The monoisotopic (exact) mass is 392 g/mol. The van der Waals surface area contributed by atoms with Crippen molar-refractivity contribution in [1.82, 2.24) is 15.2 Å². The first-order chi connectivity index (χ1) is 14.0. The van der Waals surface area contributed by atoms with Crippen molar-refractivity contribution >= 4 is 17.5 Å². The lowest BCUT2D eigenvalue weighted by molar-refractivity contribution is -0.143. The van der Waals surface area contributed by atoms with Crippen LogP contribution in [0.2, 0.25) is 0 Å². The van der Waals surface area contributed by atoms with Gasteiger partial charge in [-0.15, -0.1) is 0 Å². The SMILES string of the molecule is O=C(c1ccc(N2NC=C3CC=CC=C32)cc1)N1CCN(C(=O)C2(O)CC2)CC1. The van der Waals surface area contributed by atoms with Gasteiger partial charge in [-0.3, -0.25) is 14.6 Å². The second-order valence-electron chi connectivity index (χ2n) is 7.98. The molecule has 4 aliphatic rings. The zero-order chi connectivity index (χ0) is 20.0. The maximum absolute atomic E-state index is 12.9. The molecule has 0 aromatic heterocycles. The number of piperazine rings is 1. The number of aliphatic hydroxyl groups is 1. The van der Waals surface area contributed by atoms with Crippen LogP contribution in [0.1, 0.15) is 29.6 Å². The average molecular weight is 392 g/mol. The summed E-state index contributed by atoms with van der Waals surface area (Å²) in [4.78, 5) is 28.6. The minimum atomic E-state index is -1.14. The van der Waals surface area contributed by atoms with E-state index < -0.39 is 5.60 Å². The Hall–Kier alpha value is -3.06. The fourth-order valence-corrected chi connectivity index (χ4v) is 4.02. The molecule has 5 rings (SSSR count). The van der Waals surface area contributed by atoms with E-state index in [1.165, 1.54) is 5.57 Å². The summed E-state index contributed by atoms with van der Waals surface area (Å²) in [6, 6.07) is 7.58. The number of carbonyl (C=O) groups excluding carboxylic acids is 2. The van der Waals surface area contributed by atoms with Crippen molar-refractivity contribution < 1.29 is 14.7 Å². The van der Waals surface area contributed by atoms with E-state index in [0.717, 1.165) is 17.8 Å². The van der Waals surface area contributed by atoms with Gasteiger partial charge in [0, 0.05) is 37.9 Å². The van der Waals surface area contributed by atoms with Crippen LogP contribution in [-0.4, -0.2) is 58.5 Å². The van der Waals surface area contributed by atoms with Gasteiger partial charge in [0.2, 0.25) is 0 Å². The van der Waals surface area contributed by atoms with Crippen molar-refractivity contribution in [3.63, 3.8) is 0 Å². The molecule has 2 N–H and O–H groups in total. The standard InChI is InChI=1S/C22H24N4O3/c27-20(24-11-13-25(14-12-24)21(28)22(29)9-10-22)16-5-7-18(8-6-16)26-19-4-2-1-3-17(19)15-23-26/h1-2,4-8,15,23,29H,3,9-14H2. The van der Waals surface area contributed by atoms with Gasteiger partial charge >= 0.3 is 0 Å². The summed E-state index contributed by atoms with van der Waals surface area (Å²) in [5.74, 6) is -0.214. The Morgan fingerprint density at radius 3 is 2.38 bits per heavy atom. The number of anilines is 1. The first-order valence-electron chi connectivity index (χ1n) is 10.1. The third-order valence-corrected chi connectivity index (χ3v) is 6.01. The van der Waals surface area contributed by atoms with Gasteiger partial charge in [-0.2, -0.15) is 0 Å². The van der Waals surface area contributed by atoms with Gasteiger partial charge in [0.15, 0.2) is 0 Å². The van der Waals surface area contributed by atoms with Gasteiger partial charge in [0.25, 0.3) is 11.8 Å². The van der Waals surface area contributed by atoms with E-state index in [1.54, 1.807) is 9.80 Å². The Labute approximate surface area is 169 Å². The Morgan fingerprint density at radius 2 is 1.69 bits per heavy atom. The van der Waals surface area contributed by atoms with Gasteiger partial charge < -0.3 is 20.3 Å². The van der Waals surface area contributed by atoms with Crippen molar-refractivity contribution in [2.75, 3.05) is 31.2 Å². The summed E-state index contributed by atoms with van der Waals surface area (Å²) >= 11 is 0. The molecule has 1 aromatic rings. The normalized spacial score (nSPS) is 21.9. The number of nitrogens with zero attached hydrogens (tertiary/aromatic N) is 3. The van der Waals surface area contributed by atoms with E-state index in [-0.39, 0.29) is 11.8 Å². The number of benzene rings is 1. The Kier molecular flexibility index (Phi) is 4.20. The molecule has 0 bridgehead atoms. The smallest absolute Gasteiger partial charge is 0.254 e. The number of nitrogens with one attached hydrogen (secondary N) is 1. The lowest BCUT2D eigenvalue weighted by Gasteiger charge is -2.35. The van der Waals surface area contributed by atoms with Crippen LogP contribution in [0.5, 0.6) is 0 Å². The summed E-state index contributed by atoms with van der Waals surface area (Å²) in [6.07, 6.45) is 10.3. The van der Waals surface area contributed by atoms with E-state index in [2.05, 4.69) is 23.7 Å². The van der Waals surface area contributed by atoms with Crippen molar-refractivity contribution in [3.8, 4) is 0 Å². The van der Waals surface area contributed by atoms with Gasteiger partial charge in [0.1, 0.15) is 5.60 Å². The zero-order valence-corrected chi connectivity index (χ0v) is 16.2. The molecule has 2 aliphatic carbocycles. The number of fused-ring (bicyclic) bond motifs is 1. The van der Waals surface area contributed by atoms with Crippen molar-refractivity contribution in [2.45, 2.75) is 24.9 Å². The van der Waals surface area contributed by atoms with E-state index >= 15 is 0 Å². The number of hydrogen-bond donors (Lipinski definition) is 2. The topological polar surface area (TPSA) is 76.1 Å². The Balaban J connectivity index is 1.22. The van der Waals surface area contributed by atoms with Crippen molar-refractivity contribution in [3.05, 3.63) is 65.5 Å². The van der Waals surface area contributed by atoms with E-state index in [9.17, 15) is 14.7 Å². The summed E-state index contributed by atoms with van der Waals surface area (Å²) in [7, 11) is 0. The summed E-state index contributed by atoms with van der Waals surface area (Å²) < 4.78 is 0. The van der Waals surface area contributed by atoms with E-state index in [1.807, 2.05) is 35.5 Å². The van der Waals surface area contributed by atoms with E-state index in [0.29, 0.717) is 44.6 Å². The highest BCUT2D eigenvalue weighted by molar-refractivity contribution is 5.95. The summed E-state index contributed by atoms with van der Waals surface area (Å²) in [5, 5.41) is 12.0. The van der Waals surface area contributed by atoms with Crippen LogP contribution in [0.25, 0.3) is 0 Å². The molecule has 2 amide bonds. The minimum absolute atomic E-state index is 0.0261. The van der Waals surface area contributed by atoms with Gasteiger partial charge in [-0.1, -0.05) is 12.2 Å². The second-order valence-corrected chi connectivity index (χ2v) is 7.98. The molecule has 7 heteroatoms. The van der Waals surface area contributed by atoms with Crippen molar-refractivity contribution in [2.24, 2.45) is 0 Å². The lowest BCUT2D eigenvalue weighted by atomic mass is 10.1. The predicted octanol–water partition coefficient (Wildman–Crippen LogP) is 1.55. The first-order valence-corrected chi connectivity index (χ1v) is 10.1. The molecule has 1 saturated carbocycles. The zero-order valence-electron chi connectivity index (χ0n) is 16.2. The quantitative estimate of drug-likeness (QED) is 0.816. The fourth-order valence-electron chi connectivity index (χ4n) is 4.02. The number of allylic oxidation sites excluding steroid dienone is 4. The highest BCUT2D eigenvalue weighted by atomic mass is 16.3. The first kappa shape index (κ1) is 18.0. The van der Waals surface area contributed by atoms with Crippen molar-refractivity contribution in [1.29, 1.82) is 0 Å². The molecule has 0 spiro atoms. The number of rotatable bonds is 3. The van der Waals surface area contributed by atoms with Crippen LogP contribution < -0.4 is 10.4 Å². The molecule has 150 valence electrons. The van der Waals surface area contributed by atoms with Crippen LogP contribution >= 0.6 is 0 Å². The number of hydrazine groups is 1. The van der Waals surface area contributed by atoms with Gasteiger partial charge in [-0.05, 0) is 55.2 Å². The molecule has 0 unspecified atom stereocenters. The summed E-state index contributed by atoms with van der Waals surface area (Å²) in [6.45, 7) is 1.92. The summed E-state index contributed by atoms with van der Waals surface area (Å²) in [5.41, 5.74) is 6.12. The van der Waals surface area contributed by atoms with Crippen LogP contribution in [0, 0.1) is 0 Å². The third kappa shape index (κ3) is 3.21. The molecule has 1 aromatic carbocycles. The third-order valence-electron chi connectivity index (χ3n) is 6.01. The molecule has 2 fully saturated rings. The minimum Gasteiger partial charge on any atom is -0.380 e. The molecule has 7 nitrogen and oxygen atoms in total. The average Bonchev–Trinajstić information content (AvgIpc) is 3.38. The molecule has 2 aliphatic heterocycles. The van der Waals surface area contributed by atoms with E-state index in [4.69, 9.17) is 0 Å². The maximum atomic E-state index is 12.9.